The number of imidazole rings is 1. The van der Waals surface area contributed by atoms with E-state index in [-0.39, 0.29) is 12.4 Å². The van der Waals surface area contributed by atoms with Crippen LogP contribution >= 0.6 is 0 Å². The van der Waals surface area contributed by atoms with Crippen LogP contribution in [0.2, 0.25) is 0 Å². The van der Waals surface area contributed by atoms with Gasteiger partial charge in [-0.2, -0.15) is 0 Å². The van der Waals surface area contributed by atoms with Crippen molar-refractivity contribution >= 4 is 34.9 Å². The smallest absolute Gasteiger partial charge is 0.303 e. The van der Waals surface area contributed by atoms with Gasteiger partial charge < -0.3 is 24.7 Å². The van der Waals surface area contributed by atoms with Crippen LogP contribution in [0, 0.1) is 0 Å². The van der Waals surface area contributed by atoms with E-state index in [9.17, 15) is 14.4 Å². The van der Waals surface area contributed by atoms with Crippen LogP contribution in [0.3, 0.4) is 0 Å². The number of carbonyl (C=O) groups is 3. The molecule has 0 unspecified atom stereocenters. The van der Waals surface area contributed by atoms with Crippen LogP contribution in [-0.2, 0) is 33.3 Å². The molecule has 12 heteroatoms. The van der Waals surface area contributed by atoms with Gasteiger partial charge in [0.25, 0.3) is 0 Å². The molecule has 0 bridgehead atoms. The summed E-state index contributed by atoms with van der Waals surface area (Å²) in [6.45, 7) is 3.49. The lowest BCUT2D eigenvalue weighted by atomic mass is 10.0. The number of hydrogen-bond acceptors (Lipinski definition) is 11. The molecule has 3 heterocycles. The van der Waals surface area contributed by atoms with Crippen molar-refractivity contribution in [2.45, 2.75) is 45.3 Å². The summed E-state index contributed by atoms with van der Waals surface area (Å²) in [5.41, 5.74) is 6.47. The zero-order valence-electron chi connectivity index (χ0n) is 15.4. The molecule has 0 radical (unpaired) electrons. The van der Waals surface area contributed by atoms with Gasteiger partial charge in [-0.25, -0.2) is 15.0 Å². The minimum Gasteiger partial charge on any atom is -0.456 e. The summed E-state index contributed by atoms with van der Waals surface area (Å²) in [5.74, 6) is -1.71. The summed E-state index contributed by atoms with van der Waals surface area (Å²) in [5, 5.41) is 0. The molecule has 0 aromatic carbocycles. The normalized spacial score (nSPS) is 24.5. The quantitative estimate of drug-likeness (QED) is 0.538. The van der Waals surface area contributed by atoms with E-state index in [4.69, 9.17) is 24.7 Å². The first-order valence-corrected chi connectivity index (χ1v) is 8.34. The number of carbonyl (C=O) groups excluding carboxylic acids is 3. The van der Waals surface area contributed by atoms with Gasteiger partial charge in [0, 0.05) is 20.8 Å². The third-order valence-electron chi connectivity index (χ3n) is 3.99. The van der Waals surface area contributed by atoms with Gasteiger partial charge in [-0.1, -0.05) is 0 Å². The number of anilines is 1. The molecule has 12 nitrogen and oxygen atoms in total. The number of ether oxygens (including phenoxy) is 4. The van der Waals surface area contributed by atoms with E-state index in [1.54, 1.807) is 0 Å². The molecule has 2 aromatic heterocycles. The molecule has 0 saturated carbocycles. The van der Waals surface area contributed by atoms with Crippen molar-refractivity contribution in [3.63, 3.8) is 0 Å². The van der Waals surface area contributed by atoms with Crippen LogP contribution in [0.1, 0.15) is 27.0 Å². The molecule has 0 aliphatic carbocycles. The number of esters is 3. The molecular weight excluding hydrogens is 374 g/mol. The summed E-state index contributed by atoms with van der Waals surface area (Å²) in [7, 11) is 0. The molecule has 4 atom stereocenters. The fourth-order valence-electron chi connectivity index (χ4n) is 3.02. The highest BCUT2D eigenvalue weighted by Gasteiger charge is 2.48. The molecule has 0 spiro atoms. The van der Waals surface area contributed by atoms with E-state index < -0.39 is 42.4 Å². The first kappa shape index (κ1) is 19.5. The third kappa shape index (κ3) is 3.86. The van der Waals surface area contributed by atoms with Crippen LogP contribution in [0.4, 0.5) is 5.82 Å². The van der Waals surface area contributed by atoms with Crippen molar-refractivity contribution < 1.29 is 33.3 Å². The Labute approximate surface area is 158 Å². The molecule has 2 aromatic rings. The van der Waals surface area contributed by atoms with Gasteiger partial charge in [0.2, 0.25) is 0 Å². The van der Waals surface area contributed by atoms with Crippen LogP contribution in [0.5, 0.6) is 0 Å². The largest absolute Gasteiger partial charge is 0.456 e. The Balaban J connectivity index is 2.03. The minimum absolute atomic E-state index is 0.111. The molecule has 150 valence electrons. The second-order valence-electron chi connectivity index (χ2n) is 6.10. The number of rotatable bonds is 4. The average Bonchev–Trinajstić information content (AvgIpc) is 3.02. The van der Waals surface area contributed by atoms with Gasteiger partial charge in [-0.05, 0) is 0 Å². The first-order valence-electron chi connectivity index (χ1n) is 8.34. The van der Waals surface area contributed by atoms with Crippen LogP contribution in [-0.4, -0.2) is 62.3 Å². The van der Waals surface area contributed by atoms with E-state index in [2.05, 4.69) is 15.0 Å². The molecule has 2 N–H and O–H groups in total. The Morgan fingerprint density at radius 1 is 1.04 bits per heavy atom. The standard InChI is InChI=1S/C16H19N5O7/c1-7(22)26-10-4-25-16(13(28-9(3)24)12(10)27-8(2)23)21-6-20-11-14(17)18-5-19-15(11)21/h5-6,10,12-13,16H,4H2,1-3H3,(H2,17,18,19)/t10-,12+,13+,16-/m0/s1. The maximum Gasteiger partial charge on any atom is 0.303 e. The predicted molar refractivity (Wildman–Crippen MR) is 91.4 cm³/mol. The number of nitrogen functional groups attached to an aromatic ring is 1. The SMILES string of the molecule is CC(=O)O[C@@H]1[C@H](OC(C)=O)[C@@H](OC(C)=O)CO[C@@H]1n1cnc2c(N)ncnc21. The van der Waals surface area contributed by atoms with Gasteiger partial charge in [0.15, 0.2) is 36.0 Å². The maximum atomic E-state index is 11.7. The lowest BCUT2D eigenvalue weighted by molar-refractivity contribution is -0.239. The zero-order valence-corrected chi connectivity index (χ0v) is 15.4. The average molecular weight is 393 g/mol. The number of hydrogen-bond donors (Lipinski definition) is 1. The maximum absolute atomic E-state index is 11.7. The van der Waals surface area contributed by atoms with Crippen molar-refractivity contribution in [1.29, 1.82) is 0 Å². The number of fused-ring (bicyclic) bond motifs is 1. The summed E-state index contributed by atoms with van der Waals surface area (Å²) < 4.78 is 23.2. The fourth-order valence-corrected chi connectivity index (χ4v) is 3.02. The Kier molecular flexibility index (Phi) is 5.40. The van der Waals surface area contributed by atoms with Crippen molar-refractivity contribution in [2.24, 2.45) is 0 Å². The Bertz CT molecular complexity index is 914. The van der Waals surface area contributed by atoms with Gasteiger partial charge in [0.05, 0.1) is 12.9 Å². The summed E-state index contributed by atoms with van der Waals surface area (Å²) in [4.78, 5) is 46.9. The second kappa shape index (κ2) is 7.76. The highest BCUT2D eigenvalue weighted by atomic mass is 16.6. The number of nitrogens with two attached hydrogens (primary N) is 1. The van der Waals surface area contributed by atoms with Gasteiger partial charge >= 0.3 is 17.9 Å². The summed E-state index contributed by atoms with van der Waals surface area (Å²) >= 11 is 0. The zero-order chi connectivity index (χ0) is 20.4. The van der Waals surface area contributed by atoms with E-state index in [1.165, 1.54) is 38.0 Å². The highest BCUT2D eigenvalue weighted by molar-refractivity contribution is 5.81. The summed E-state index contributed by atoms with van der Waals surface area (Å²) in [6.07, 6.45) is -1.50. The van der Waals surface area contributed by atoms with E-state index in [0.717, 1.165) is 0 Å². The number of nitrogens with zero attached hydrogens (tertiary/aromatic N) is 4. The van der Waals surface area contributed by atoms with Crippen molar-refractivity contribution in [3.05, 3.63) is 12.7 Å². The van der Waals surface area contributed by atoms with Crippen molar-refractivity contribution in [1.82, 2.24) is 19.5 Å². The molecule has 28 heavy (non-hydrogen) atoms. The van der Waals surface area contributed by atoms with E-state index >= 15 is 0 Å². The van der Waals surface area contributed by atoms with Crippen molar-refractivity contribution in [2.75, 3.05) is 12.3 Å². The molecular formula is C16H19N5O7. The predicted octanol–water partition coefficient (Wildman–Crippen LogP) is -0.268. The molecule has 1 aliphatic rings. The van der Waals surface area contributed by atoms with E-state index in [0.29, 0.717) is 11.2 Å². The first-order chi connectivity index (χ1) is 13.3. The lowest BCUT2D eigenvalue weighted by Crippen LogP contribution is -2.55. The number of aromatic nitrogens is 4. The summed E-state index contributed by atoms with van der Waals surface area (Å²) in [6, 6.07) is 0. The Hall–Kier alpha value is -3.28. The molecule has 1 aliphatic heterocycles. The van der Waals surface area contributed by atoms with Crippen molar-refractivity contribution in [3.8, 4) is 0 Å². The Morgan fingerprint density at radius 3 is 2.32 bits per heavy atom. The second-order valence-corrected chi connectivity index (χ2v) is 6.10. The lowest BCUT2D eigenvalue weighted by Gasteiger charge is -2.40. The van der Waals surface area contributed by atoms with Gasteiger partial charge in [-0.15, -0.1) is 0 Å². The molecule has 3 rings (SSSR count). The fraction of sp³-hybridized carbons (Fsp3) is 0.500. The highest BCUT2D eigenvalue weighted by Crippen LogP contribution is 2.32. The molecule has 1 saturated heterocycles. The Morgan fingerprint density at radius 2 is 1.68 bits per heavy atom. The minimum atomic E-state index is -1.13. The third-order valence-corrected chi connectivity index (χ3v) is 3.99. The van der Waals surface area contributed by atoms with Crippen LogP contribution < -0.4 is 5.73 Å². The topological polar surface area (TPSA) is 158 Å². The molecule has 1 fully saturated rings. The monoisotopic (exact) mass is 393 g/mol. The van der Waals surface area contributed by atoms with Crippen LogP contribution in [0.15, 0.2) is 12.7 Å². The van der Waals surface area contributed by atoms with Gasteiger partial charge in [0.1, 0.15) is 11.8 Å². The van der Waals surface area contributed by atoms with E-state index in [1.807, 2.05) is 0 Å². The molecule has 0 amide bonds. The van der Waals surface area contributed by atoms with Gasteiger partial charge in [-0.3, -0.25) is 19.0 Å². The van der Waals surface area contributed by atoms with Crippen LogP contribution in [0.25, 0.3) is 11.2 Å².